The molecule has 0 radical (unpaired) electrons. The average molecular weight is 611 g/mol. The number of amidine groups is 1. The van der Waals surface area contributed by atoms with E-state index in [4.69, 9.17) is 20.6 Å². The monoisotopic (exact) mass is 610 g/mol. The highest BCUT2D eigenvalue weighted by Crippen LogP contribution is 2.29. The summed E-state index contributed by atoms with van der Waals surface area (Å²) in [6.07, 6.45) is 8.34. The van der Waals surface area contributed by atoms with E-state index in [1.807, 2.05) is 0 Å². The molecular weight excluding hydrogens is 572 g/mol. The number of nitrogens with zero attached hydrogens (tertiary/aromatic N) is 3. The molecule has 13 heteroatoms. The maximum absolute atomic E-state index is 12.8. The van der Waals surface area contributed by atoms with Gasteiger partial charge in [0, 0.05) is 50.7 Å². The summed E-state index contributed by atoms with van der Waals surface area (Å²) < 4.78 is 37.8. The van der Waals surface area contributed by atoms with Gasteiger partial charge in [-0.25, -0.2) is 13.2 Å². The number of piperidine rings is 1. The second-order valence-electron chi connectivity index (χ2n) is 10.2. The van der Waals surface area contributed by atoms with E-state index in [0.29, 0.717) is 22.6 Å². The normalized spacial score (nSPS) is 15.7. The van der Waals surface area contributed by atoms with Crippen molar-refractivity contribution in [3.8, 4) is 5.75 Å². The standard InChI is InChI=1S/C30H38N6O6S/c1-3-41-30(38)34-26-9-4-7-21(25(26)20-31)8-6-16-36(43(2,39)40)22-11-12-27(24(19-22)29(32)37)42-23-13-17-35(18-14-23)28-10-5-15-33-28/h4,6-9,11-12,19-20,23,31H,3,5,10,13-18H2,1-2H3,(H2,32,37)(H,34,38)/b8-6+,31-20?. The lowest BCUT2D eigenvalue weighted by Crippen LogP contribution is -2.41. The van der Waals surface area contributed by atoms with Gasteiger partial charge in [-0.3, -0.25) is 19.4 Å². The SMILES string of the molecule is CCOC(=O)Nc1cccc(/C=C/CN(c2ccc(OC3CCN(C4=NCCC4)CC3)c(C(N)=O)c2)S(C)(=O)=O)c1C=N. The van der Waals surface area contributed by atoms with Crippen LogP contribution in [0, 0.1) is 5.41 Å². The van der Waals surface area contributed by atoms with E-state index in [2.05, 4.69) is 15.2 Å². The van der Waals surface area contributed by atoms with Crippen molar-refractivity contribution < 1.29 is 27.5 Å². The van der Waals surface area contributed by atoms with Crippen LogP contribution in [0.3, 0.4) is 0 Å². The zero-order chi connectivity index (χ0) is 31.0. The molecule has 0 aromatic heterocycles. The number of anilines is 2. The Kier molecular flexibility index (Phi) is 10.4. The molecule has 12 nitrogen and oxygen atoms in total. The quantitative estimate of drug-likeness (QED) is 0.325. The number of rotatable bonds is 11. The van der Waals surface area contributed by atoms with Crippen molar-refractivity contribution in [1.29, 1.82) is 5.41 Å². The molecule has 0 aliphatic carbocycles. The highest BCUT2D eigenvalue weighted by Gasteiger charge is 2.26. The molecule has 2 aliphatic heterocycles. The van der Waals surface area contributed by atoms with Crippen LogP contribution >= 0.6 is 0 Å². The van der Waals surface area contributed by atoms with Gasteiger partial charge in [0.1, 0.15) is 11.9 Å². The summed E-state index contributed by atoms with van der Waals surface area (Å²) in [5.41, 5.74) is 7.45. The molecule has 0 spiro atoms. The Morgan fingerprint density at radius 1 is 1.23 bits per heavy atom. The molecule has 230 valence electrons. The van der Waals surface area contributed by atoms with Crippen LogP contribution in [0.15, 0.2) is 47.5 Å². The van der Waals surface area contributed by atoms with Gasteiger partial charge in [-0.15, -0.1) is 0 Å². The third-order valence-corrected chi connectivity index (χ3v) is 8.40. The van der Waals surface area contributed by atoms with Crippen molar-refractivity contribution in [2.45, 2.75) is 38.7 Å². The lowest BCUT2D eigenvalue weighted by Gasteiger charge is -2.34. The number of aliphatic imine (C=N–C) groups is 1. The Hall–Kier alpha value is -4.39. The first-order valence-electron chi connectivity index (χ1n) is 14.2. The third kappa shape index (κ3) is 8.13. The first-order chi connectivity index (χ1) is 20.6. The van der Waals surface area contributed by atoms with Crippen molar-refractivity contribution in [3.63, 3.8) is 0 Å². The Balaban J connectivity index is 1.50. The number of sulfonamides is 1. The average Bonchev–Trinajstić information content (AvgIpc) is 3.51. The molecular formula is C30H38N6O6S. The number of benzene rings is 2. The highest BCUT2D eigenvalue weighted by molar-refractivity contribution is 7.92. The summed E-state index contributed by atoms with van der Waals surface area (Å²) in [5, 5.41) is 10.4. The van der Waals surface area contributed by atoms with Crippen LogP contribution in [-0.4, -0.2) is 82.5 Å². The van der Waals surface area contributed by atoms with Gasteiger partial charge in [0.05, 0.1) is 42.2 Å². The molecule has 1 saturated heterocycles. The first-order valence-corrected chi connectivity index (χ1v) is 16.1. The van der Waals surface area contributed by atoms with E-state index in [9.17, 15) is 18.0 Å². The van der Waals surface area contributed by atoms with Crippen molar-refractivity contribution in [3.05, 3.63) is 59.2 Å². The number of nitrogens with one attached hydrogen (secondary N) is 2. The molecule has 0 atom stereocenters. The molecule has 2 aromatic rings. The second-order valence-corrected chi connectivity index (χ2v) is 12.2. The summed E-state index contributed by atoms with van der Waals surface area (Å²) in [6, 6.07) is 9.69. The van der Waals surface area contributed by atoms with Crippen LogP contribution < -0.4 is 20.1 Å². The Bertz CT molecular complexity index is 1510. The summed E-state index contributed by atoms with van der Waals surface area (Å²) in [6.45, 7) is 4.35. The first kappa shape index (κ1) is 31.5. The van der Waals surface area contributed by atoms with Crippen molar-refractivity contribution in [2.75, 3.05) is 48.7 Å². The maximum Gasteiger partial charge on any atom is 0.411 e. The lowest BCUT2D eigenvalue weighted by atomic mass is 10.1. The van der Waals surface area contributed by atoms with Gasteiger partial charge in [-0.1, -0.05) is 24.3 Å². The third-order valence-electron chi connectivity index (χ3n) is 7.24. The number of likely N-dealkylation sites (tertiary alicyclic amines) is 1. The van der Waals surface area contributed by atoms with Gasteiger partial charge in [-0.05, 0) is 43.2 Å². The number of hydrogen-bond acceptors (Lipinski definition) is 9. The van der Waals surface area contributed by atoms with E-state index < -0.39 is 22.0 Å². The molecule has 0 unspecified atom stereocenters. The van der Waals surface area contributed by atoms with Gasteiger partial charge in [0.2, 0.25) is 10.0 Å². The van der Waals surface area contributed by atoms with Crippen molar-refractivity contribution >= 4 is 51.5 Å². The Morgan fingerprint density at radius 3 is 2.63 bits per heavy atom. The smallest absolute Gasteiger partial charge is 0.411 e. The van der Waals surface area contributed by atoms with Gasteiger partial charge in [0.15, 0.2) is 0 Å². The summed E-state index contributed by atoms with van der Waals surface area (Å²) in [5.74, 6) is 0.754. The van der Waals surface area contributed by atoms with Gasteiger partial charge in [-0.2, -0.15) is 0 Å². The fourth-order valence-electron chi connectivity index (χ4n) is 5.15. The summed E-state index contributed by atoms with van der Waals surface area (Å²) >= 11 is 0. The minimum atomic E-state index is -3.76. The van der Waals surface area contributed by atoms with Crippen LogP contribution in [0.25, 0.3) is 6.08 Å². The van der Waals surface area contributed by atoms with Crippen molar-refractivity contribution in [1.82, 2.24) is 4.90 Å². The van der Waals surface area contributed by atoms with Crippen LogP contribution in [0.1, 0.15) is 54.1 Å². The summed E-state index contributed by atoms with van der Waals surface area (Å²) in [4.78, 5) is 31.2. The predicted molar refractivity (Wildman–Crippen MR) is 168 cm³/mol. The maximum atomic E-state index is 12.8. The number of nitrogens with two attached hydrogens (primary N) is 1. The molecule has 1 fully saturated rings. The minimum Gasteiger partial charge on any atom is -0.489 e. The van der Waals surface area contributed by atoms with E-state index in [0.717, 1.165) is 67.9 Å². The fourth-order valence-corrected chi connectivity index (χ4v) is 6.00. The second kappa shape index (κ2) is 14.2. The van der Waals surface area contributed by atoms with E-state index in [1.165, 1.54) is 6.07 Å². The van der Waals surface area contributed by atoms with Gasteiger partial charge < -0.3 is 25.5 Å². The molecule has 2 heterocycles. The number of carbonyl (C=O) groups excluding carboxylic acids is 2. The van der Waals surface area contributed by atoms with Crippen LogP contribution in [-0.2, 0) is 14.8 Å². The molecule has 0 bridgehead atoms. The molecule has 0 saturated carbocycles. The summed E-state index contributed by atoms with van der Waals surface area (Å²) in [7, 11) is -3.76. The zero-order valence-electron chi connectivity index (χ0n) is 24.4. The number of primary amides is 1. The molecule has 43 heavy (non-hydrogen) atoms. The number of carbonyl (C=O) groups is 2. The Morgan fingerprint density at radius 2 is 2.00 bits per heavy atom. The number of amides is 2. The Labute approximate surface area is 252 Å². The predicted octanol–water partition coefficient (Wildman–Crippen LogP) is 3.87. The fraction of sp³-hybridized carbons (Fsp3) is 0.400. The van der Waals surface area contributed by atoms with E-state index >= 15 is 0 Å². The molecule has 4 rings (SSSR count). The lowest BCUT2D eigenvalue weighted by molar-refractivity contribution is 0.0982. The zero-order valence-corrected chi connectivity index (χ0v) is 25.2. The van der Waals surface area contributed by atoms with Crippen LogP contribution in [0.4, 0.5) is 16.2 Å². The minimum absolute atomic E-state index is 0.0629. The topological polar surface area (TPSA) is 167 Å². The highest BCUT2D eigenvalue weighted by atomic mass is 32.2. The number of ether oxygens (including phenoxy) is 2. The van der Waals surface area contributed by atoms with E-state index in [1.54, 1.807) is 49.4 Å². The molecule has 2 aliphatic rings. The van der Waals surface area contributed by atoms with Crippen molar-refractivity contribution in [2.24, 2.45) is 10.7 Å². The van der Waals surface area contributed by atoms with Gasteiger partial charge in [0.25, 0.3) is 5.91 Å². The number of hydrogen-bond donors (Lipinski definition) is 3. The molecule has 2 aromatic carbocycles. The largest absolute Gasteiger partial charge is 0.489 e. The van der Waals surface area contributed by atoms with Gasteiger partial charge >= 0.3 is 6.09 Å². The molecule has 4 N–H and O–H groups in total. The van der Waals surface area contributed by atoms with Crippen LogP contribution in [0.5, 0.6) is 5.75 Å². The molecule has 2 amide bonds. The van der Waals surface area contributed by atoms with E-state index in [-0.39, 0.29) is 30.5 Å². The van der Waals surface area contributed by atoms with Crippen LogP contribution in [0.2, 0.25) is 0 Å².